The molecule has 0 spiro atoms. The van der Waals surface area contributed by atoms with Crippen molar-refractivity contribution >= 4 is 21.6 Å². The number of amides is 1. The van der Waals surface area contributed by atoms with E-state index in [4.69, 9.17) is 0 Å². The van der Waals surface area contributed by atoms with Crippen LogP contribution < -0.4 is 10.0 Å². The van der Waals surface area contributed by atoms with E-state index in [0.29, 0.717) is 11.3 Å². The predicted molar refractivity (Wildman–Crippen MR) is 121 cm³/mol. The molecule has 3 aromatic rings. The van der Waals surface area contributed by atoms with Crippen LogP contribution >= 0.6 is 0 Å². The van der Waals surface area contributed by atoms with Gasteiger partial charge in [0, 0.05) is 36.9 Å². The van der Waals surface area contributed by atoms with Crippen molar-refractivity contribution in [3.8, 4) is 0 Å². The molecule has 1 aliphatic heterocycles. The van der Waals surface area contributed by atoms with Crippen molar-refractivity contribution in [2.45, 2.75) is 23.9 Å². The van der Waals surface area contributed by atoms with Crippen molar-refractivity contribution in [1.82, 2.24) is 10.2 Å². The molecular weight excluding hydrogens is 410 g/mol. The van der Waals surface area contributed by atoms with E-state index in [1.807, 2.05) is 18.2 Å². The average molecular weight is 436 g/mol. The van der Waals surface area contributed by atoms with Crippen LogP contribution in [0.25, 0.3) is 0 Å². The van der Waals surface area contributed by atoms with Crippen LogP contribution in [0.5, 0.6) is 0 Å². The van der Waals surface area contributed by atoms with Gasteiger partial charge < -0.3 is 5.32 Å². The van der Waals surface area contributed by atoms with Gasteiger partial charge in [0.15, 0.2) is 0 Å². The van der Waals surface area contributed by atoms with Crippen LogP contribution in [0.4, 0.5) is 5.69 Å². The molecule has 2 N–H and O–H groups in total. The molecule has 4 rings (SSSR count). The summed E-state index contributed by atoms with van der Waals surface area (Å²) in [4.78, 5) is 15.1. The van der Waals surface area contributed by atoms with E-state index in [1.165, 1.54) is 17.7 Å². The van der Waals surface area contributed by atoms with Crippen LogP contribution in [-0.4, -0.2) is 38.4 Å². The van der Waals surface area contributed by atoms with Gasteiger partial charge in [0.05, 0.1) is 4.90 Å². The van der Waals surface area contributed by atoms with Gasteiger partial charge in [-0.3, -0.25) is 14.4 Å². The standard InChI is InChI=1S/C24H25N3O3S/c28-24(25-22-15-16-27(18-22)17-19-7-3-1-4-8-19)20-11-13-21(14-12-20)26-31(29,30)23-9-5-2-6-10-23/h1-14,22,26H,15-18H2,(H,25,28). The lowest BCUT2D eigenvalue weighted by molar-refractivity contribution is 0.0937. The van der Waals surface area contributed by atoms with Crippen LogP contribution in [-0.2, 0) is 16.6 Å². The highest BCUT2D eigenvalue weighted by atomic mass is 32.2. The van der Waals surface area contributed by atoms with Crippen molar-refractivity contribution < 1.29 is 13.2 Å². The number of carbonyl (C=O) groups excluding carboxylic acids is 1. The second-order valence-electron chi connectivity index (χ2n) is 7.68. The fourth-order valence-corrected chi connectivity index (χ4v) is 4.79. The van der Waals surface area contributed by atoms with E-state index < -0.39 is 10.0 Å². The minimum absolute atomic E-state index is 0.104. The number of carbonyl (C=O) groups is 1. The summed E-state index contributed by atoms with van der Waals surface area (Å²) in [6.45, 7) is 2.64. The normalized spacial score (nSPS) is 16.7. The van der Waals surface area contributed by atoms with Gasteiger partial charge in [-0.1, -0.05) is 48.5 Å². The number of nitrogens with one attached hydrogen (secondary N) is 2. The van der Waals surface area contributed by atoms with Crippen LogP contribution in [0.3, 0.4) is 0 Å². The second-order valence-corrected chi connectivity index (χ2v) is 9.36. The summed E-state index contributed by atoms with van der Waals surface area (Å²) < 4.78 is 27.4. The lowest BCUT2D eigenvalue weighted by atomic mass is 10.1. The number of nitrogens with zero attached hydrogens (tertiary/aromatic N) is 1. The summed E-state index contributed by atoms with van der Waals surface area (Å²) in [5.41, 5.74) is 2.18. The topological polar surface area (TPSA) is 78.5 Å². The van der Waals surface area contributed by atoms with Crippen LogP contribution in [0.15, 0.2) is 89.8 Å². The fourth-order valence-electron chi connectivity index (χ4n) is 3.71. The van der Waals surface area contributed by atoms with Crippen molar-refractivity contribution in [1.29, 1.82) is 0 Å². The first kappa shape index (κ1) is 21.1. The van der Waals surface area contributed by atoms with Crippen molar-refractivity contribution in [3.63, 3.8) is 0 Å². The third kappa shape index (κ3) is 5.51. The smallest absolute Gasteiger partial charge is 0.261 e. The summed E-state index contributed by atoms with van der Waals surface area (Å²) in [6.07, 6.45) is 0.910. The molecule has 1 amide bonds. The van der Waals surface area contributed by atoms with Crippen LogP contribution in [0.2, 0.25) is 0 Å². The predicted octanol–water partition coefficient (Wildman–Crippen LogP) is 3.49. The zero-order chi connectivity index (χ0) is 21.7. The van der Waals surface area contributed by atoms with E-state index in [1.54, 1.807) is 42.5 Å². The zero-order valence-electron chi connectivity index (χ0n) is 17.1. The molecule has 1 fully saturated rings. The molecule has 1 saturated heterocycles. The first-order chi connectivity index (χ1) is 15.0. The molecule has 3 aromatic carbocycles. The highest BCUT2D eigenvalue weighted by molar-refractivity contribution is 7.92. The molecule has 1 unspecified atom stereocenters. The Morgan fingerprint density at radius 1 is 0.903 bits per heavy atom. The minimum atomic E-state index is -3.65. The Kier molecular flexibility index (Phi) is 6.34. The fraction of sp³-hybridized carbons (Fsp3) is 0.208. The third-order valence-corrected chi connectivity index (χ3v) is 6.71. The van der Waals surface area contributed by atoms with Crippen molar-refractivity contribution in [2.24, 2.45) is 0 Å². The van der Waals surface area contributed by atoms with Crippen molar-refractivity contribution in [3.05, 3.63) is 96.1 Å². The van der Waals surface area contributed by atoms with Crippen LogP contribution in [0.1, 0.15) is 22.3 Å². The molecule has 6 nitrogen and oxygen atoms in total. The molecule has 7 heteroatoms. The Labute approximate surface area is 183 Å². The van der Waals surface area contributed by atoms with Gasteiger partial charge in [0.25, 0.3) is 15.9 Å². The molecule has 0 aromatic heterocycles. The Bertz CT molecular complexity index is 1120. The average Bonchev–Trinajstić information content (AvgIpc) is 3.22. The van der Waals surface area contributed by atoms with Gasteiger partial charge in [-0.05, 0) is 48.4 Å². The second kappa shape index (κ2) is 9.32. The molecular formula is C24H25N3O3S. The molecule has 1 aliphatic rings. The highest BCUT2D eigenvalue weighted by Gasteiger charge is 2.24. The largest absolute Gasteiger partial charge is 0.348 e. The number of hydrogen-bond acceptors (Lipinski definition) is 4. The summed E-state index contributed by atoms with van der Waals surface area (Å²) >= 11 is 0. The molecule has 0 radical (unpaired) electrons. The highest BCUT2D eigenvalue weighted by Crippen LogP contribution is 2.18. The molecule has 0 bridgehead atoms. The summed E-state index contributed by atoms with van der Waals surface area (Å²) in [5, 5.41) is 3.09. The van der Waals surface area contributed by atoms with Crippen LogP contribution in [0, 0.1) is 0 Å². The number of rotatable bonds is 7. The molecule has 160 valence electrons. The molecule has 0 aliphatic carbocycles. The molecule has 0 saturated carbocycles. The summed E-state index contributed by atoms with van der Waals surface area (Å²) in [7, 11) is -3.65. The Hall–Kier alpha value is -3.16. The van der Waals surface area contributed by atoms with Gasteiger partial charge in [-0.25, -0.2) is 8.42 Å². The molecule has 1 atom stereocenters. The summed E-state index contributed by atoms with van der Waals surface area (Å²) in [5.74, 6) is -0.149. The molecule has 1 heterocycles. The minimum Gasteiger partial charge on any atom is -0.348 e. The maximum atomic E-state index is 12.6. The monoisotopic (exact) mass is 435 g/mol. The van der Waals surface area contributed by atoms with Gasteiger partial charge in [0.2, 0.25) is 0 Å². The Balaban J connectivity index is 1.32. The number of hydrogen-bond donors (Lipinski definition) is 2. The van der Waals surface area contributed by atoms with E-state index >= 15 is 0 Å². The maximum absolute atomic E-state index is 12.6. The van der Waals surface area contributed by atoms with Gasteiger partial charge in [0.1, 0.15) is 0 Å². The van der Waals surface area contributed by atoms with Gasteiger partial charge >= 0.3 is 0 Å². The summed E-state index contributed by atoms with van der Waals surface area (Å²) in [6, 6.07) is 25.1. The van der Waals surface area contributed by atoms with Gasteiger partial charge in [-0.15, -0.1) is 0 Å². The first-order valence-corrected chi connectivity index (χ1v) is 11.7. The third-order valence-electron chi connectivity index (χ3n) is 5.31. The first-order valence-electron chi connectivity index (χ1n) is 10.2. The number of benzene rings is 3. The lowest BCUT2D eigenvalue weighted by Gasteiger charge is -2.17. The van der Waals surface area contributed by atoms with E-state index in [9.17, 15) is 13.2 Å². The quantitative estimate of drug-likeness (QED) is 0.596. The maximum Gasteiger partial charge on any atom is 0.261 e. The lowest BCUT2D eigenvalue weighted by Crippen LogP contribution is -2.36. The SMILES string of the molecule is O=C(NC1CCN(Cc2ccccc2)C1)c1ccc(NS(=O)(=O)c2ccccc2)cc1. The molecule has 31 heavy (non-hydrogen) atoms. The van der Waals surface area contributed by atoms with E-state index in [0.717, 1.165) is 26.1 Å². The Morgan fingerprint density at radius 2 is 1.55 bits per heavy atom. The zero-order valence-corrected chi connectivity index (χ0v) is 17.9. The number of sulfonamides is 1. The van der Waals surface area contributed by atoms with E-state index in [2.05, 4.69) is 27.1 Å². The van der Waals surface area contributed by atoms with Crippen molar-refractivity contribution in [2.75, 3.05) is 17.8 Å². The van der Waals surface area contributed by atoms with Gasteiger partial charge in [-0.2, -0.15) is 0 Å². The van der Waals surface area contributed by atoms with E-state index in [-0.39, 0.29) is 16.8 Å². The number of likely N-dealkylation sites (tertiary alicyclic amines) is 1. The Morgan fingerprint density at radius 3 is 2.23 bits per heavy atom. The number of anilines is 1.